The highest BCUT2D eigenvalue weighted by molar-refractivity contribution is 5.85. The number of carboxylic acid groups (broad SMARTS) is 2. The highest BCUT2D eigenvalue weighted by Gasteiger charge is 2.41. The fourth-order valence-electron chi connectivity index (χ4n) is 1.85. The Labute approximate surface area is 99.2 Å². The first-order valence-electron chi connectivity index (χ1n) is 4.78. The molecule has 4 unspecified atom stereocenters. The molecule has 0 aromatic rings. The number of hydrogen-bond acceptors (Lipinski definition) is 4. The summed E-state index contributed by atoms with van der Waals surface area (Å²) in [6, 6.07) is 0. The Hall–Kier alpha value is -0.850. The number of halogens is 1. The minimum atomic E-state index is -1.13. The van der Waals surface area contributed by atoms with E-state index >= 15 is 0 Å². The molecule has 0 amide bonds. The smallest absolute Gasteiger partial charge is 0.332 e. The van der Waals surface area contributed by atoms with Crippen molar-refractivity contribution in [1.82, 2.24) is 0 Å². The lowest BCUT2D eigenvalue weighted by Crippen LogP contribution is -2.48. The van der Waals surface area contributed by atoms with E-state index in [-0.39, 0.29) is 31.3 Å². The first-order chi connectivity index (χ1) is 6.97. The summed E-state index contributed by atoms with van der Waals surface area (Å²) in [6.07, 6.45) is -1.56. The van der Waals surface area contributed by atoms with Crippen LogP contribution in [-0.4, -0.2) is 40.9 Å². The molecule has 7 heteroatoms. The molecule has 0 radical (unpaired) electrons. The predicted molar refractivity (Wildman–Crippen MR) is 57.5 cm³/mol. The minimum absolute atomic E-state index is 0. The predicted octanol–water partition coefficient (Wildman–Crippen LogP) is -0.0541. The lowest BCUT2D eigenvalue weighted by Gasteiger charge is -2.36. The fraction of sp³-hybridized carbons (Fsp3) is 0.778. The summed E-state index contributed by atoms with van der Waals surface area (Å²) < 4.78 is 5.20. The van der Waals surface area contributed by atoms with E-state index in [0.29, 0.717) is 0 Å². The SMILES string of the molecule is CC1C(CN)OC(C(=O)O)CC1C(=O)O.Cl. The molecule has 0 saturated carbocycles. The molecule has 1 rings (SSSR count). The molecular weight excluding hydrogens is 238 g/mol. The Bertz CT molecular complexity index is 273. The lowest BCUT2D eigenvalue weighted by atomic mass is 9.82. The molecule has 1 saturated heterocycles. The number of carbonyl (C=O) groups is 2. The van der Waals surface area contributed by atoms with E-state index in [1.54, 1.807) is 6.92 Å². The maximum atomic E-state index is 10.9. The van der Waals surface area contributed by atoms with Crippen LogP contribution in [0.25, 0.3) is 0 Å². The van der Waals surface area contributed by atoms with Crippen LogP contribution in [0.15, 0.2) is 0 Å². The second-order valence-electron chi connectivity index (χ2n) is 3.78. The Morgan fingerprint density at radius 3 is 2.31 bits per heavy atom. The van der Waals surface area contributed by atoms with Crippen LogP contribution in [0.2, 0.25) is 0 Å². The van der Waals surface area contributed by atoms with Gasteiger partial charge in [-0.3, -0.25) is 4.79 Å². The van der Waals surface area contributed by atoms with Crippen LogP contribution < -0.4 is 5.73 Å². The van der Waals surface area contributed by atoms with E-state index in [1.807, 2.05) is 0 Å². The average molecular weight is 254 g/mol. The van der Waals surface area contributed by atoms with Crippen LogP contribution in [0.5, 0.6) is 0 Å². The van der Waals surface area contributed by atoms with Gasteiger partial charge in [-0.25, -0.2) is 4.79 Å². The van der Waals surface area contributed by atoms with Gasteiger partial charge in [-0.1, -0.05) is 6.92 Å². The van der Waals surface area contributed by atoms with Crippen molar-refractivity contribution >= 4 is 24.3 Å². The second-order valence-corrected chi connectivity index (χ2v) is 3.78. The van der Waals surface area contributed by atoms with E-state index in [0.717, 1.165) is 0 Å². The Kier molecular flexibility index (Phi) is 5.71. The highest BCUT2D eigenvalue weighted by atomic mass is 35.5. The van der Waals surface area contributed by atoms with Crippen LogP contribution in [0, 0.1) is 11.8 Å². The number of ether oxygens (including phenoxy) is 1. The molecule has 1 fully saturated rings. The molecule has 94 valence electrons. The largest absolute Gasteiger partial charge is 0.481 e. The first-order valence-corrected chi connectivity index (χ1v) is 4.78. The normalized spacial score (nSPS) is 33.9. The molecule has 1 aliphatic heterocycles. The van der Waals surface area contributed by atoms with Crippen LogP contribution in [0.3, 0.4) is 0 Å². The number of aliphatic carboxylic acids is 2. The number of nitrogens with two attached hydrogens (primary N) is 1. The van der Waals surface area contributed by atoms with Gasteiger partial charge in [-0.15, -0.1) is 12.4 Å². The van der Waals surface area contributed by atoms with Gasteiger partial charge in [0.25, 0.3) is 0 Å². The van der Waals surface area contributed by atoms with E-state index in [1.165, 1.54) is 0 Å². The van der Waals surface area contributed by atoms with Crippen molar-refractivity contribution in [2.75, 3.05) is 6.54 Å². The summed E-state index contributed by atoms with van der Waals surface area (Å²) in [6.45, 7) is 1.85. The van der Waals surface area contributed by atoms with Crippen molar-refractivity contribution in [2.24, 2.45) is 17.6 Å². The van der Waals surface area contributed by atoms with Crippen LogP contribution >= 0.6 is 12.4 Å². The summed E-state index contributed by atoms with van der Waals surface area (Å²) in [7, 11) is 0. The molecule has 1 aliphatic rings. The van der Waals surface area contributed by atoms with Gasteiger partial charge in [0.05, 0.1) is 12.0 Å². The molecule has 16 heavy (non-hydrogen) atoms. The van der Waals surface area contributed by atoms with Crippen molar-refractivity contribution in [2.45, 2.75) is 25.6 Å². The zero-order valence-electron chi connectivity index (χ0n) is 8.83. The van der Waals surface area contributed by atoms with E-state index in [9.17, 15) is 9.59 Å². The maximum Gasteiger partial charge on any atom is 0.332 e. The van der Waals surface area contributed by atoms with Crippen LogP contribution in [0.4, 0.5) is 0 Å². The van der Waals surface area contributed by atoms with Crippen molar-refractivity contribution in [1.29, 1.82) is 0 Å². The molecule has 0 aromatic carbocycles. The molecular formula is C9H16ClNO5. The third-order valence-electron chi connectivity index (χ3n) is 2.85. The summed E-state index contributed by atoms with van der Waals surface area (Å²) >= 11 is 0. The zero-order chi connectivity index (χ0) is 11.6. The molecule has 0 spiro atoms. The van der Waals surface area contributed by atoms with Gasteiger partial charge in [0.15, 0.2) is 6.10 Å². The third-order valence-corrected chi connectivity index (χ3v) is 2.85. The monoisotopic (exact) mass is 253 g/mol. The number of carboxylic acids is 2. The number of rotatable bonds is 3. The quantitative estimate of drug-likeness (QED) is 0.650. The zero-order valence-corrected chi connectivity index (χ0v) is 9.64. The lowest BCUT2D eigenvalue weighted by molar-refractivity contribution is -0.174. The van der Waals surface area contributed by atoms with E-state index in [2.05, 4.69) is 0 Å². The van der Waals surface area contributed by atoms with Gasteiger partial charge in [0.1, 0.15) is 0 Å². The minimum Gasteiger partial charge on any atom is -0.481 e. The summed E-state index contributed by atoms with van der Waals surface area (Å²) in [5, 5.41) is 17.7. The van der Waals surface area contributed by atoms with Crippen molar-refractivity contribution in [3.63, 3.8) is 0 Å². The molecule has 0 aliphatic carbocycles. The van der Waals surface area contributed by atoms with Gasteiger partial charge < -0.3 is 20.7 Å². The van der Waals surface area contributed by atoms with E-state index in [4.69, 9.17) is 20.7 Å². The first kappa shape index (κ1) is 15.2. The Morgan fingerprint density at radius 2 is 1.94 bits per heavy atom. The third kappa shape index (κ3) is 3.07. The van der Waals surface area contributed by atoms with Gasteiger partial charge >= 0.3 is 11.9 Å². The molecule has 6 nitrogen and oxygen atoms in total. The number of hydrogen-bond donors (Lipinski definition) is 3. The molecule has 4 atom stereocenters. The summed E-state index contributed by atoms with van der Waals surface area (Å²) in [4.78, 5) is 21.6. The fourth-order valence-corrected chi connectivity index (χ4v) is 1.85. The standard InChI is InChI=1S/C9H15NO5.ClH/c1-4-5(8(11)12)2-6(9(13)14)15-7(4)3-10;/h4-7H,2-3,10H2,1H3,(H,11,12)(H,13,14);1H. The van der Waals surface area contributed by atoms with Gasteiger partial charge in [0, 0.05) is 6.54 Å². The highest BCUT2D eigenvalue weighted by Crippen LogP contribution is 2.30. The summed E-state index contributed by atoms with van der Waals surface area (Å²) in [5.74, 6) is -3.08. The molecule has 0 bridgehead atoms. The Morgan fingerprint density at radius 1 is 1.38 bits per heavy atom. The van der Waals surface area contributed by atoms with Crippen molar-refractivity contribution in [3.05, 3.63) is 0 Å². The maximum absolute atomic E-state index is 10.9. The van der Waals surface area contributed by atoms with Gasteiger partial charge in [0.2, 0.25) is 0 Å². The Balaban J connectivity index is 0.00000225. The molecule has 1 heterocycles. The van der Waals surface area contributed by atoms with E-state index < -0.39 is 30.1 Å². The second kappa shape index (κ2) is 6.03. The van der Waals surface area contributed by atoms with Gasteiger partial charge in [-0.2, -0.15) is 0 Å². The van der Waals surface area contributed by atoms with Crippen molar-refractivity contribution in [3.8, 4) is 0 Å². The van der Waals surface area contributed by atoms with Crippen LogP contribution in [0.1, 0.15) is 13.3 Å². The van der Waals surface area contributed by atoms with Gasteiger partial charge in [-0.05, 0) is 12.3 Å². The molecule has 4 N–H and O–H groups in total. The van der Waals surface area contributed by atoms with Crippen LogP contribution in [-0.2, 0) is 14.3 Å². The molecule has 0 aromatic heterocycles. The average Bonchev–Trinajstić information content (AvgIpc) is 2.17. The topological polar surface area (TPSA) is 110 Å². The summed E-state index contributed by atoms with van der Waals surface area (Å²) in [5.41, 5.74) is 5.41. The van der Waals surface area contributed by atoms with Crippen molar-refractivity contribution < 1.29 is 24.5 Å².